The lowest BCUT2D eigenvalue weighted by atomic mass is 10.1. The number of hydrogen-bond donors (Lipinski definition) is 1. The third-order valence-corrected chi connectivity index (χ3v) is 2.06. The van der Waals surface area contributed by atoms with Gasteiger partial charge in [0.25, 0.3) is 0 Å². The first-order valence-electron chi connectivity index (χ1n) is 4.16. The van der Waals surface area contributed by atoms with Gasteiger partial charge in [-0.2, -0.15) is 0 Å². The molecule has 1 aliphatic heterocycles. The molecule has 0 bridgehead atoms. The van der Waals surface area contributed by atoms with Gasteiger partial charge in [0.2, 0.25) is 0 Å². The van der Waals surface area contributed by atoms with E-state index in [4.69, 9.17) is 4.74 Å². The molecular formula is C8H17NO. The van der Waals surface area contributed by atoms with Crippen molar-refractivity contribution < 1.29 is 4.74 Å². The summed E-state index contributed by atoms with van der Waals surface area (Å²) in [6, 6.07) is 0.787. The van der Waals surface area contributed by atoms with Crippen LogP contribution in [0.4, 0.5) is 0 Å². The fourth-order valence-electron chi connectivity index (χ4n) is 1.48. The molecule has 0 aromatic heterocycles. The van der Waals surface area contributed by atoms with E-state index in [9.17, 15) is 0 Å². The topological polar surface area (TPSA) is 21.3 Å². The first-order chi connectivity index (χ1) is 4.93. The van der Waals surface area contributed by atoms with Crippen LogP contribution in [-0.4, -0.2) is 26.3 Å². The zero-order chi connectivity index (χ0) is 7.23. The van der Waals surface area contributed by atoms with Crippen molar-refractivity contribution in [2.45, 2.75) is 31.7 Å². The minimum absolute atomic E-state index is 0.787. The van der Waals surface area contributed by atoms with Gasteiger partial charge in [-0.1, -0.05) is 0 Å². The van der Waals surface area contributed by atoms with Gasteiger partial charge in [-0.15, -0.1) is 0 Å². The number of rotatable bonds is 4. The van der Waals surface area contributed by atoms with Gasteiger partial charge in [-0.05, 0) is 32.2 Å². The van der Waals surface area contributed by atoms with Gasteiger partial charge >= 0.3 is 0 Å². The normalized spacial score (nSPS) is 25.5. The summed E-state index contributed by atoms with van der Waals surface area (Å²) < 4.78 is 4.97. The lowest BCUT2D eigenvalue weighted by Gasteiger charge is -2.07. The van der Waals surface area contributed by atoms with E-state index >= 15 is 0 Å². The average Bonchev–Trinajstić information content (AvgIpc) is 2.41. The van der Waals surface area contributed by atoms with Crippen LogP contribution in [0.1, 0.15) is 25.7 Å². The molecule has 2 nitrogen and oxygen atoms in total. The van der Waals surface area contributed by atoms with Gasteiger partial charge in [0.15, 0.2) is 0 Å². The maximum Gasteiger partial charge on any atom is 0.0462 e. The SMILES string of the molecule is COCCC[C@H]1CCCN1. The third-order valence-electron chi connectivity index (χ3n) is 2.06. The highest BCUT2D eigenvalue weighted by atomic mass is 16.5. The molecule has 1 aliphatic rings. The van der Waals surface area contributed by atoms with Crippen molar-refractivity contribution in [2.24, 2.45) is 0 Å². The van der Waals surface area contributed by atoms with E-state index in [2.05, 4.69) is 5.32 Å². The summed E-state index contributed by atoms with van der Waals surface area (Å²) in [4.78, 5) is 0. The summed E-state index contributed by atoms with van der Waals surface area (Å²) >= 11 is 0. The van der Waals surface area contributed by atoms with Crippen LogP contribution in [0, 0.1) is 0 Å². The molecule has 1 N–H and O–H groups in total. The van der Waals surface area contributed by atoms with Crippen LogP contribution in [0.3, 0.4) is 0 Å². The maximum atomic E-state index is 4.97. The quantitative estimate of drug-likeness (QED) is 0.596. The highest BCUT2D eigenvalue weighted by Gasteiger charge is 2.12. The van der Waals surface area contributed by atoms with E-state index in [0.29, 0.717) is 0 Å². The molecule has 1 atom stereocenters. The molecule has 1 rings (SSSR count). The second kappa shape index (κ2) is 4.69. The van der Waals surface area contributed by atoms with E-state index in [1.54, 1.807) is 7.11 Å². The van der Waals surface area contributed by atoms with E-state index < -0.39 is 0 Å². The lowest BCUT2D eigenvalue weighted by molar-refractivity contribution is 0.189. The van der Waals surface area contributed by atoms with Crippen molar-refractivity contribution in [1.29, 1.82) is 0 Å². The largest absolute Gasteiger partial charge is 0.385 e. The highest BCUT2D eigenvalue weighted by molar-refractivity contribution is 4.73. The summed E-state index contributed by atoms with van der Waals surface area (Å²) in [7, 11) is 1.77. The molecule has 0 spiro atoms. The van der Waals surface area contributed by atoms with Crippen molar-refractivity contribution in [1.82, 2.24) is 5.32 Å². The zero-order valence-corrected chi connectivity index (χ0v) is 6.73. The molecule has 1 fully saturated rings. The van der Waals surface area contributed by atoms with Crippen molar-refractivity contribution in [3.63, 3.8) is 0 Å². The van der Waals surface area contributed by atoms with Crippen LogP contribution in [0.15, 0.2) is 0 Å². The second-order valence-electron chi connectivity index (χ2n) is 2.93. The summed E-state index contributed by atoms with van der Waals surface area (Å²) in [5.74, 6) is 0. The molecule has 0 unspecified atom stereocenters. The number of hydrogen-bond acceptors (Lipinski definition) is 2. The minimum atomic E-state index is 0.787. The van der Waals surface area contributed by atoms with Gasteiger partial charge < -0.3 is 10.1 Å². The number of methoxy groups -OCH3 is 1. The molecule has 2 heteroatoms. The molecule has 1 heterocycles. The van der Waals surface area contributed by atoms with Gasteiger partial charge in [0.1, 0.15) is 0 Å². The van der Waals surface area contributed by atoms with Gasteiger partial charge in [-0.25, -0.2) is 0 Å². The predicted molar refractivity (Wildman–Crippen MR) is 42.1 cm³/mol. The summed E-state index contributed by atoms with van der Waals surface area (Å²) in [5, 5.41) is 3.46. The Labute approximate surface area is 63.0 Å². The molecule has 1 saturated heterocycles. The van der Waals surface area contributed by atoms with Crippen LogP contribution in [0.5, 0.6) is 0 Å². The van der Waals surface area contributed by atoms with Crippen LogP contribution in [0.25, 0.3) is 0 Å². The van der Waals surface area contributed by atoms with E-state index in [-0.39, 0.29) is 0 Å². The average molecular weight is 143 g/mol. The van der Waals surface area contributed by atoms with E-state index in [1.165, 1.54) is 32.2 Å². The Hall–Kier alpha value is -0.0800. The molecular weight excluding hydrogens is 126 g/mol. The Kier molecular flexibility index (Phi) is 3.76. The molecule has 10 heavy (non-hydrogen) atoms. The summed E-state index contributed by atoms with van der Waals surface area (Å²) in [6.07, 6.45) is 5.21. The molecule has 60 valence electrons. The smallest absolute Gasteiger partial charge is 0.0462 e. The van der Waals surface area contributed by atoms with Gasteiger partial charge in [-0.3, -0.25) is 0 Å². The molecule has 0 saturated carbocycles. The van der Waals surface area contributed by atoms with Crippen LogP contribution in [0.2, 0.25) is 0 Å². The maximum absolute atomic E-state index is 4.97. The molecule has 0 aliphatic carbocycles. The number of ether oxygens (including phenoxy) is 1. The Balaban J connectivity index is 1.91. The van der Waals surface area contributed by atoms with E-state index in [0.717, 1.165) is 12.6 Å². The van der Waals surface area contributed by atoms with Crippen LogP contribution < -0.4 is 5.32 Å². The molecule has 0 amide bonds. The van der Waals surface area contributed by atoms with Crippen molar-refractivity contribution in [3.05, 3.63) is 0 Å². The van der Waals surface area contributed by atoms with Crippen molar-refractivity contribution >= 4 is 0 Å². The van der Waals surface area contributed by atoms with Crippen molar-refractivity contribution in [3.8, 4) is 0 Å². The van der Waals surface area contributed by atoms with Crippen LogP contribution >= 0.6 is 0 Å². The third kappa shape index (κ3) is 2.67. The Morgan fingerprint density at radius 2 is 2.50 bits per heavy atom. The Bertz CT molecular complexity index is 79.3. The number of nitrogens with one attached hydrogen (secondary N) is 1. The second-order valence-corrected chi connectivity index (χ2v) is 2.93. The van der Waals surface area contributed by atoms with Crippen LogP contribution in [-0.2, 0) is 4.74 Å². The monoisotopic (exact) mass is 143 g/mol. The van der Waals surface area contributed by atoms with Crippen molar-refractivity contribution in [2.75, 3.05) is 20.3 Å². The zero-order valence-electron chi connectivity index (χ0n) is 6.73. The molecule has 0 aromatic rings. The highest BCUT2D eigenvalue weighted by Crippen LogP contribution is 2.09. The fourth-order valence-corrected chi connectivity index (χ4v) is 1.48. The summed E-state index contributed by atoms with van der Waals surface area (Å²) in [5.41, 5.74) is 0. The van der Waals surface area contributed by atoms with E-state index in [1.807, 2.05) is 0 Å². The molecule has 0 aromatic carbocycles. The molecule has 0 radical (unpaired) electrons. The first kappa shape index (κ1) is 8.02. The first-order valence-corrected chi connectivity index (χ1v) is 4.16. The lowest BCUT2D eigenvalue weighted by Crippen LogP contribution is -2.21. The Morgan fingerprint density at radius 3 is 3.10 bits per heavy atom. The Morgan fingerprint density at radius 1 is 1.60 bits per heavy atom. The van der Waals surface area contributed by atoms with Gasteiger partial charge in [0, 0.05) is 19.8 Å². The van der Waals surface area contributed by atoms with Gasteiger partial charge in [0.05, 0.1) is 0 Å². The predicted octanol–water partition coefficient (Wildman–Crippen LogP) is 1.17. The standard InChI is InChI=1S/C8H17NO/c1-10-7-3-5-8-4-2-6-9-8/h8-9H,2-7H2,1H3/t8-/m1/s1. The summed E-state index contributed by atoms with van der Waals surface area (Å²) in [6.45, 7) is 2.13. The minimum Gasteiger partial charge on any atom is -0.385 e. The fraction of sp³-hybridized carbons (Fsp3) is 1.00.